The van der Waals surface area contributed by atoms with Gasteiger partial charge in [0.25, 0.3) is 0 Å². The van der Waals surface area contributed by atoms with Gasteiger partial charge in [-0.2, -0.15) is 0 Å². The molecule has 82 valence electrons. The van der Waals surface area contributed by atoms with Gasteiger partial charge in [0.05, 0.1) is 0 Å². The van der Waals surface area contributed by atoms with E-state index in [0.29, 0.717) is 19.0 Å². The van der Waals surface area contributed by atoms with Crippen LogP contribution in [0.3, 0.4) is 0 Å². The van der Waals surface area contributed by atoms with Gasteiger partial charge in [-0.3, -0.25) is 0 Å². The topological polar surface area (TPSA) is 58.4 Å². The zero-order valence-corrected chi connectivity index (χ0v) is 9.12. The Balaban J connectivity index is 2.53. The van der Waals surface area contributed by atoms with Gasteiger partial charge in [0, 0.05) is 25.7 Å². The fourth-order valence-corrected chi connectivity index (χ4v) is 2.00. The van der Waals surface area contributed by atoms with Crippen LogP contribution in [0.4, 0.5) is 4.79 Å². The van der Waals surface area contributed by atoms with E-state index in [0.717, 1.165) is 19.4 Å². The fraction of sp³-hybridized carbons (Fsp3) is 0.900. The number of amides is 2. The first kappa shape index (κ1) is 11.3. The van der Waals surface area contributed by atoms with Crippen LogP contribution in [0.2, 0.25) is 0 Å². The molecule has 0 spiro atoms. The molecule has 2 atom stereocenters. The molecule has 2 unspecified atom stereocenters. The number of nitrogens with zero attached hydrogens (tertiary/aromatic N) is 1. The average Bonchev–Trinajstić information content (AvgIpc) is 2.17. The first-order valence-corrected chi connectivity index (χ1v) is 5.43. The molecule has 0 radical (unpaired) electrons. The molecule has 4 nitrogen and oxygen atoms in total. The third kappa shape index (κ3) is 2.61. The van der Waals surface area contributed by atoms with Gasteiger partial charge in [-0.25, -0.2) is 4.79 Å². The minimum absolute atomic E-state index is 0.0369. The number of carbonyl (C=O) groups is 1. The quantitative estimate of drug-likeness (QED) is 0.690. The Labute approximate surface area is 85.8 Å². The molecule has 0 aromatic carbocycles. The summed E-state index contributed by atoms with van der Waals surface area (Å²) in [5, 5.41) is 2.83. The van der Waals surface area contributed by atoms with Gasteiger partial charge in [0.15, 0.2) is 0 Å². The molecule has 2 amide bonds. The predicted octanol–water partition coefficient (Wildman–Crippen LogP) is 0.775. The van der Waals surface area contributed by atoms with Gasteiger partial charge in [-0.15, -0.1) is 0 Å². The SMILES string of the molecule is CCNC(=O)N1CCC(C)CC1CN. The van der Waals surface area contributed by atoms with Gasteiger partial charge < -0.3 is 16.0 Å². The maximum absolute atomic E-state index is 11.6. The maximum Gasteiger partial charge on any atom is 0.317 e. The van der Waals surface area contributed by atoms with Crippen molar-refractivity contribution in [2.24, 2.45) is 11.7 Å². The third-order valence-corrected chi connectivity index (χ3v) is 2.84. The molecule has 4 heteroatoms. The van der Waals surface area contributed by atoms with E-state index in [2.05, 4.69) is 12.2 Å². The van der Waals surface area contributed by atoms with E-state index in [1.54, 1.807) is 0 Å². The highest BCUT2D eigenvalue weighted by molar-refractivity contribution is 5.74. The second-order valence-corrected chi connectivity index (χ2v) is 4.05. The Morgan fingerprint density at radius 2 is 2.36 bits per heavy atom. The highest BCUT2D eigenvalue weighted by Crippen LogP contribution is 2.21. The summed E-state index contributed by atoms with van der Waals surface area (Å²) in [6.07, 6.45) is 2.13. The molecular formula is C10H21N3O. The van der Waals surface area contributed by atoms with Crippen LogP contribution in [0.25, 0.3) is 0 Å². The van der Waals surface area contributed by atoms with E-state index in [1.807, 2.05) is 11.8 Å². The molecule has 0 aromatic rings. The predicted molar refractivity (Wildman–Crippen MR) is 57.0 cm³/mol. The highest BCUT2D eigenvalue weighted by atomic mass is 16.2. The molecule has 1 aliphatic rings. The number of hydrogen-bond acceptors (Lipinski definition) is 2. The second-order valence-electron chi connectivity index (χ2n) is 4.05. The van der Waals surface area contributed by atoms with Crippen molar-refractivity contribution in [1.82, 2.24) is 10.2 Å². The summed E-state index contributed by atoms with van der Waals surface area (Å²) < 4.78 is 0. The van der Waals surface area contributed by atoms with Gasteiger partial charge in [0.2, 0.25) is 0 Å². The van der Waals surface area contributed by atoms with E-state index >= 15 is 0 Å². The molecule has 1 heterocycles. The van der Waals surface area contributed by atoms with Crippen molar-refractivity contribution >= 4 is 6.03 Å². The number of urea groups is 1. The van der Waals surface area contributed by atoms with Crippen LogP contribution in [-0.4, -0.2) is 36.6 Å². The van der Waals surface area contributed by atoms with Gasteiger partial charge in [0.1, 0.15) is 0 Å². The van der Waals surface area contributed by atoms with Crippen LogP contribution in [-0.2, 0) is 0 Å². The Morgan fingerprint density at radius 1 is 1.64 bits per heavy atom. The minimum Gasteiger partial charge on any atom is -0.338 e. The van der Waals surface area contributed by atoms with Crippen molar-refractivity contribution in [1.29, 1.82) is 0 Å². The zero-order chi connectivity index (χ0) is 10.6. The molecule has 1 aliphatic heterocycles. The molecule has 1 fully saturated rings. The Kier molecular flexibility index (Phi) is 4.20. The summed E-state index contributed by atoms with van der Waals surface area (Å²) in [5.74, 6) is 0.689. The lowest BCUT2D eigenvalue weighted by atomic mass is 9.93. The third-order valence-electron chi connectivity index (χ3n) is 2.84. The summed E-state index contributed by atoms with van der Waals surface area (Å²) in [7, 11) is 0. The van der Waals surface area contributed by atoms with Crippen LogP contribution < -0.4 is 11.1 Å². The number of likely N-dealkylation sites (tertiary alicyclic amines) is 1. The molecule has 3 N–H and O–H groups in total. The smallest absolute Gasteiger partial charge is 0.317 e. The van der Waals surface area contributed by atoms with E-state index in [1.165, 1.54) is 0 Å². The van der Waals surface area contributed by atoms with Gasteiger partial charge in [-0.1, -0.05) is 6.92 Å². The average molecular weight is 199 g/mol. The van der Waals surface area contributed by atoms with E-state index in [4.69, 9.17) is 5.73 Å². The first-order valence-electron chi connectivity index (χ1n) is 5.43. The highest BCUT2D eigenvalue weighted by Gasteiger charge is 2.28. The number of nitrogens with one attached hydrogen (secondary N) is 1. The number of nitrogens with two attached hydrogens (primary N) is 1. The summed E-state index contributed by atoms with van der Waals surface area (Å²) in [5.41, 5.74) is 5.67. The molecule has 1 saturated heterocycles. The Morgan fingerprint density at radius 3 is 2.93 bits per heavy atom. The van der Waals surface area contributed by atoms with Crippen molar-refractivity contribution < 1.29 is 4.79 Å². The summed E-state index contributed by atoms with van der Waals surface area (Å²) >= 11 is 0. The van der Waals surface area contributed by atoms with Crippen molar-refractivity contribution in [3.05, 3.63) is 0 Å². The summed E-state index contributed by atoms with van der Waals surface area (Å²) in [6, 6.07) is 0.264. The Hall–Kier alpha value is -0.770. The van der Waals surface area contributed by atoms with Crippen LogP contribution in [0.1, 0.15) is 26.7 Å². The lowest BCUT2D eigenvalue weighted by Crippen LogP contribution is -2.52. The molecule has 1 rings (SSSR count). The van der Waals surface area contributed by atoms with Gasteiger partial charge in [-0.05, 0) is 25.7 Å². The van der Waals surface area contributed by atoms with Gasteiger partial charge >= 0.3 is 6.03 Å². The zero-order valence-electron chi connectivity index (χ0n) is 9.12. The van der Waals surface area contributed by atoms with Crippen molar-refractivity contribution in [3.8, 4) is 0 Å². The summed E-state index contributed by atoms with van der Waals surface area (Å²) in [6.45, 7) is 6.25. The van der Waals surface area contributed by atoms with Crippen LogP contribution in [0.15, 0.2) is 0 Å². The number of hydrogen-bond donors (Lipinski definition) is 2. The lowest BCUT2D eigenvalue weighted by Gasteiger charge is -2.37. The molecular weight excluding hydrogens is 178 g/mol. The fourth-order valence-electron chi connectivity index (χ4n) is 2.00. The van der Waals surface area contributed by atoms with E-state index < -0.39 is 0 Å². The lowest BCUT2D eigenvalue weighted by molar-refractivity contribution is 0.135. The van der Waals surface area contributed by atoms with Crippen LogP contribution >= 0.6 is 0 Å². The molecule has 14 heavy (non-hydrogen) atoms. The van der Waals surface area contributed by atoms with Crippen LogP contribution in [0, 0.1) is 5.92 Å². The van der Waals surface area contributed by atoms with Crippen LogP contribution in [0.5, 0.6) is 0 Å². The number of carbonyl (C=O) groups excluding carboxylic acids is 1. The monoisotopic (exact) mass is 199 g/mol. The standard InChI is InChI=1S/C10H21N3O/c1-3-12-10(14)13-5-4-8(2)6-9(13)7-11/h8-9H,3-7,11H2,1-2H3,(H,12,14). The van der Waals surface area contributed by atoms with Crippen molar-refractivity contribution in [2.75, 3.05) is 19.6 Å². The van der Waals surface area contributed by atoms with E-state index in [-0.39, 0.29) is 12.1 Å². The molecule has 0 aromatic heterocycles. The normalized spacial score (nSPS) is 27.5. The first-order chi connectivity index (χ1) is 6.69. The largest absolute Gasteiger partial charge is 0.338 e. The number of piperidine rings is 1. The van der Waals surface area contributed by atoms with Crippen molar-refractivity contribution in [3.63, 3.8) is 0 Å². The van der Waals surface area contributed by atoms with Crippen molar-refractivity contribution in [2.45, 2.75) is 32.7 Å². The molecule has 0 bridgehead atoms. The number of rotatable bonds is 2. The molecule has 0 saturated carbocycles. The Bertz CT molecular complexity index is 196. The minimum atomic E-state index is 0.0369. The second kappa shape index (κ2) is 5.20. The summed E-state index contributed by atoms with van der Waals surface area (Å²) in [4.78, 5) is 13.5. The van der Waals surface area contributed by atoms with E-state index in [9.17, 15) is 4.79 Å². The maximum atomic E-state index is 11.6. The molecule has 0 aliphatic carbocycles.